The molecule has 1 aromatic carbocycles. The highest BCUT2D eigenvalue weighted by Crippen LogP contribution is 2.17. The second-order valence-corrected chi connectivity index (χ2v) is 4.60. The van der Waals surface area contributed by atoms with Gasteiger partial charge in [-0.25, -0.2) is 9.97 Å². The number of aromatic nitrogens is 2. The molecule has 6 nitrogen and oxygen atoms in total. The van der Waals surface area contributed by atoms with Gasteiger partial charge < -0.3 is 15.0 Å². The van der Waals surface area contributed by atoms with Gasteiger partial charge in [-0.3, -0.25) is 4.79 Å². The molecular formula is C16H20N4O2. The van der Waals surface area contributed by atoms with Crippen molar-refractivity contribution < 1.29 is 9.53 Å². The number of hydrogen-bond donors (Lipinski definition) is 1. The molecule has 6 heteroatoms. The van der Waals surface area contributed by atoms with Crippen molar-refractivity contribution in [2.24, 2.45) is 0 Å². The molecule has 1 amide bonds. The van der Waals surface area contributed by atoms with Crippen LogP contribution in [0.1, 0.15) is 24.3 Å². The third-order valence-corrected chi connectivity index (χ3v) is 3.25. The van der Waals surface area contributed by atoms with E-state index in [-0.39, 0.29) is 5.91 Å². The Morgan fingerprint density at radius 2 is 2.05 bits per heavy atom. The van der Waals surface area contributed by atoms with E-state index in [0.29, 0.717) is 23.1 Å². The number of nitrogens with zero attached hydrogens (tertiary/aromatic N) is 3. The number of carbonyl (C=O) groups excluding carboxylic acids is 1. The zero-order valence-electron chi connectivity index (χ0n) is 13.0. The van der Waals surface area contributed by atoms with Crippen molar-refractivity contribution in [1.82, 2.24) is 9.97 Å². The summed E-state index contributed by atoms with van der Waals surface area (Å²) in [6, 6.07) is 8.79. The van der Waals surface area contributed by atoms with Crippen LogP contribution in [0, 0.1) is 0 Å². The highest BCUT2D eigenvalue weighted by atomic mass is 16.5. The summed E-state index contributed by atoms with van der Waals surface area (Å²) >= 11 is 0. The molecule has 0 radical (unpaired) electrons. The van der Waals surface area contributed by atoms with Gasteiger partial charge in [-0.15, -0.1) is 0 Å². The fourth-order valence-electron chi connectivity index (χ4n) is 2.03. The van der Waals surface area contributed by atoms with Crippen molar-refractivity contribution in [1.29, 1.82) is 0 Å². The molecule has 116 valence electrons. The van der Waals surface area contributed by atoms with E-state index in [2.05, 4.69) is 15.3 Å². The third-order valence-electron chi connectivity index (χ3n) is 3.25. The van der Waals surface area contributed by atoms with Gasteiger partial charge in [0.1, 0.15) is 11.4 Å². The molecule has 0 spiro atoms. The molecule has 1 N–H and O–H groups in total. The van der Waals surface area contributed by atoms with Gasteiger partial charge in [0, 0.05) is 31.0 Å². The van der Waals surface area contributed by atoms with Gasteiger partial charge in [0.25, 0.3) is 5.91 Å². The molecule has 0 aliphatic carbocycles. The maximum Gasteiger partial charge on any atom is 0.274 e. The summed E-state index contributed by atoms with van der Waals surface area (Å²) in [6.07, 6.45) is 1.60. The Morgan fingerprint density at radius 3 is 2.73 bits per heavy atom. The number of hydrogen-bond acceptors (Lipinski definition) is 5. The van der Waals surface area contributed by atoms with Gasteiger partial charge in [-0.1, -0.05) is 6.07 Å². The first kappa shape index (κ1) is 15.8. The van der Waals surface area contributed by atoms with Crippen molar-refractivity contribution in [2.75, 3.05) is 30.4 Å². The summed E-state index contributed by atoms with van der Waals surface area (Å²) in [4.78, 5) is 22.8. The number of anilines is 2. The van der Waals surface area contributed by atoms with E-state index in [9.17, 15) is 4.79 Å². The first-order valence-electron chi connectivity index (χ1n) is 7.21. The first-order valence-corrected chi connectivity index (χ1v) is 7.21. The summed E-state index contributed by atoms with van der Waals surface area (Å²) < 4.78 is 5.14. The minimum absolute atomic E-state index is 0.274. The fourth-order valence-corrected chi connectivity index (χ4v) is 2.03. The van der Waals surface area contributed by atoms with E-state index in [0.717, 1.165) is 13.1 Å². The number of amides is 1. The van der Waals surface area contributed by atoms with Gasteiger partial charge >= 0.3 is 0 Å². The van der Waals surface area contributed by atoms with E-state index >= 15 is 0 Å². The predicted octanol–water partition coefficient (Wildman–Crippen LogP) is 2.58. The minimum Gasteiger partial charge on any atom is -0.497 e. The molecule has 0 saturated heterocycles. The monoisotopic (exact) mass is 300 g/mol. The quantitative estimate of drug-likeness (QED) is 0.888. The SMILES string of the molecule is CCN(CC)c1nccc(C(=O)Nc2cccc(OC)c2)n1. The lowest BCUT2D eigenvalue weighted by Gasteiger charge is -2.18. The molecule has 0 bridgehead atoms. The smallest absolute Gasteiger partial charge is 0.274 e. The van der Waals surface area contributed by atoms with E-state index in [4.69, 9.17) is 4.74 Å². The van der Waals surface area contributed by atoms with E-state index < -0.39 is 0 Å². The Hall–Kier alpha value is -2.63. The summed E-state index contributed by atoms with van der Waals surface area (Å²) in [5.41, 5.74) is 0.993. The van der Waals surface area contributed by atoms with Crippen LogP contribution in [0.15, 0.2) is 36.5 Å². The molecule has 0 atom stereocenters. The van der Waals surface area contributed by atoms with Crippen LogP contribution in [0.4, 0.5) is 11.6 Å². The second-order valence-electron chi connectivity index (χ2n) is 4.60. The highest BCUT2D eigenvalue weighted by Gasteiger charge is 2.12. The Balaban J connectivity index is 2.17. The summed E-state index contributed by atoms with van der Waals surface area (Å²) in [6.45, 7) is 5.63. The van der Waals surface area contributed by atoms with Crippen molar-refractivity contribution >= 4 is 17.5 Å². The highest BCUT2D eigenvalue weighted by molar-refractivity contribution is 6.03. The van der Waals surface area contributed by atoms with Crippen molar-refractivity contribution in [3.05, 3.63) is 42.2 Å². The number of carbonyl (C=O) groups is 1. The predicted molar refractivity (Wildman–Crippen MR) is 86.5 cm³/mol. The number of benzene rings is 1. The topological polar surface area (TPSA) is 67.4 Å². The lowest BCUT2D eigenvalue weighted by molar-refractivity contribution is 0.102. The van der Waals surface area contributed by atoms with E-state index in [1.807, 2.05) is 30.9 Å². The summed E-state index contributed by atoms with van der Waals surface area (Å²) in [5, 5.41) is 2.81. The summed E-state index contributed by atoms with van der Waals surface area (Å²) in [7, 11) is 1.59. The molecule has 1 aromatic heterocycles. The second kappa shape index (κ2) is 7.40. The molecule has 0 aliphatic heterocycles. The standard InChI is InChI=1S/C16H20N4O2/c1-4-20(5-2)16-17-10-9-14(19-16)15(21)18-12-7-6-8-13(11-12)22-3/h6-11H,4-5H2,1-3H3,(H,18,21). The van der Waals surface area contributed by atoms with Crippen LogP contribution in [-0.4, -0.2) is 36.1 Å². The molecule has 0 fully saturated rings. The molecule has 1 heterocycles. The van der Waals surface area contributed by atoms with Crippen LogP contribution < -0.4 is 15.0 Å². The van der Waals surface area contributed by atoms with Crippen LogP contribution in [-0.2, 0) is 0 Å². The normalized spacial score (nSPS) is 10.1. The van der Waals surface area contributed by atoms with Crippen LogP contribution in [0.2, 0.25) is 0 Å². The molecule has 0 aliphatic rings. The average molecular weight is 300 g/mol. The van der Waals surface area contributed by atoms with Crippen LogP contribution in [0.5, 0.6) is 5.75 Å². The molecule has 22 heavy (non-hydrogen) atoms. The molecular weight excluding hydrogens is 280 g/mol. The van der Waals surface area contributed by atoms with Crippen molar-refractivity contribution in [3.63, 3.8) is 0 Å². The Kier molecular flexibility index (Phi) is 5.30. The summed E-state index contributed by atoms with van der Waals surface area (Å²) in [5.74, 6) is 0.969. The zero-order chi connectivity index (χ0) is 15.9. The Morgan fingerprint density at radius 1 is 1.27 bits per heavy atom. The van der Waals surface area contributed by atoms with Crippen LogP contribution in [0.3, 0.4) is 0 Å². The molecule has 2 rings (SSSR count). The van der Waals surface area contributed by atoms with E-state index in [1.54, 1.807) is 31.5 Å². The maximum atomic E-state index is 12.3. The largest absolute Gasteiger partial charge is 0.497 e. The van der Waals surface area contributed by atoms with Crippen molar-refractivity contribution in [2.45, 2.75) is 13.8 Å². The number of nitrogens with one attached hydrogen (secondary N) is 1. The minimum atomic E-state index is -0.274. The van der Waals surface area contributed by atoms with Gasteiger partial charge in [0.05, 0.1) is 7.11 Å². The lowest BCUT2D eigenvalue weighted by Crippen LogP contribution is -2.25. The van der Waals surface area contributed by atoms with Gasteiger partial charge in [0.2, 0.25) is 5.95 Å². The molecule has 0 unspecified atom stereocenters. The maximum absolute atomic E-state index is 12.3. The zero-order valence-corrected chi connectivity index (χ0v) is 13.0. The van der Waals surface area contributed by atoms with Crippen LogP contribution >= 0.6 is 0 Å². The van der Waals surface area contributed by atoms with Gasteiger partial charge in [-0.05, 0) is 32.0 Å². The van der Waals surface area contributed by atoms with E-state index in [1.165, 1.54) is 0 Å². The Bertz CT molecular complexity index is 642. The molecule has 2 aromatic rings. The number of rotatable bonds is 6. The Labute approximate surface area is 130 Å². The fraction of sp³-hybridized carbons (Fsp3) is 0.312. The van der Waals surface area contributed by atoms with Crippen LogP contribution in [0.25, 0.3) is 0 Å². The number of ether oxygens (including phenoxy) is 1. The molecule has 0 saturated carbocycles. The van der Waals surface area contributed by atoms with Crippen molar-refractivity contribution in [3.8, 4) is 5.75 Å². The van der Waals surface area contributed by atoms with Gasteiger partial charge in [0.15, 0.2) is 0 Å². The van der Waals surface area contributed by atoms with Gasteiger partial charge in [-0.2, -0.15) is 0 Å². The average Bonchev–Trinajstić information content (AvgIpc) is 2.56. The number of methoxy groups -OCH3 is 1. The lowest BCUT2D eigenvalue weighted by atomic mass is 10.3. The third kappa shape index (κ3) is 3.72. The first-order chi connectivity index (χ1) is 10.7.